The molecule has 0 aromatic heterocycles. The highest BCUT2D eigenvalue weighted by molar-refractivity contribution is 5.70. The molecule has 0 fully saturated rings. The number of nitrogens with one attached hydrogen (secondary N) is 1. The minimum absolute atomic E-state index is 0. The van der Waals surface area contributed by atoms with Gasteiger partial charge >= 0.3 is 5.91 Å². The average Bonchev–Trinajstić information content (AvgIpc) is 1.82. The normalized spacial score (nSPS) is 11.9. The van der Waals surface area contributed by atoms with Crippen molar-refractivity contribution in [2.45, 2.75) is 13.0 Å². The Morgan fingerprint density at radius 3 is 2.60 bits per heavy atom. The zero-order chi connectivity index (χ0) is 7.28. The van der Waals surface area contributed by atoms with Crippen molar-refractivity contribution in [2.75, 3.05) is 13.2 Å². The van der Waals surface area contributed by atoms with E-state index in [9.17, 15) is 9.18 Å². The Morgan fingerprint density at radius 2 is 2.30 bits per heavy atom. The number of carbonyl (C=O) groups excluding carboxylic acids is 1. The van der Waals surface area contributed by atoms with Crippen LogP contribution in [-0.2, 0) is 4.79 Å². The molecule has 1 atom stereocenters. The van der Waals surface area contributed by atoms with Crippen LogP contribution < -0.4 is 23.5 Å². The van der Waals surface area contributed by atoms with Crippen molar-refractivity contribution >= 4 is 5.91 Å². The molecule has 0 spiro atoms. The highest BCUT2D eigenvalue weighted by atomic mass is 35.5. The third kappa shape index (κ3) is 5.94. The van der Waals surface area contributed by atoms with Crippen LogP contribution in [0.1, 0.15) is 6.92 Å². The van der Waals surface area contributed by atoms with E-state index in [0.717, 1.165) is 0 Å². The molecule has 0 bridgehead atoms. The molecule has 4 N–H and O–H groups in total. The Labute approximate surface area is 65.6 Å². The molecule has 0 unspecified atom stereocenters. The monoisotopic (exact) mass is 170 g/mol. The number of quaternary nitrogens is 1. The van der Waals surface area contributed by atoms with Gasteiger partial charge in [-0.25, -0.2) is 9.18 Å². The lowest BCUT2D eigenvalue weighted by molar-refractivity contribution is -0.307. The topological polar surface area (TPSA) is 56.7 Å². The second kappa shape index (κ2) is 6.92. The molecular formula is C5H12ClFN2O. The van der Waals surface area contributed by atoms with Gasteiger partial charge in [0.05, 0.1) is 0 Å². The quantitative estimate of drug-likeness (QED) is 0.449. The predicted molar refractivity (Wildman–Crippen MR) is 31.3 cm³/mol. The van der Waals surface area contributed by atoms with Crippen LogP contribution >= 0.6 is 0 Å². The van der Waals surface area contributed by atoms with E-state index in [1.54, 1.807) is 6.92 Å². The summed E-state index contributed by atoms with van der Waals surface area (Å²) in [7, 11) is 0. The molecule has 5 heteroatoms. The highest BCUT2D eigenvalue weighted by Gasteiger charge is 2.09. The largest absolute Gasteiger partial charge is 1.00 e. The first kappa shape index (κ1) is 12.5. The summed E-state index contributed by atoms with van der Waals surface area (Å²) < 4.78 is 11.4. The third-order valence-corrected chi connectivity index (χ3v) is 1.03. The molecule has 0 aromatic carbocycles. The van der Waals surface area contributed by atoms with Gasteiger partial charge in [0.1, 0.15) is 12.7 Å². The molecule has 0 aliphatic rings. The van der Waals surface area contributed by atoms with Crippen LogP contribution in [0.3, 0.4) is 0 Å². The minimum atomic E-state index is -0.447. The van der Waals surface area contributed by atoms with E-state index in [4.69, 9.17) is 0 Å². The standard InChI is InChI=1S/C5H11FN2O.ClH/c1-4(5(7)9)8-3-2-6;/h4,8H,2-3H2,1H3,(H2,7,9);1H/t4-;/m1./s1. The van der Waals surface area contributed by atoms with Crippen LogP contribution in [0, 0.1) is 0 Å². The summed E-state index contributed by atoms with van der Waals surface area (Å²) in [5.74, 6) is -0.205. The van der Waals surface area contributed by atoms with Gasteiger partial charge in [0.2, 0.25) is 0 Å². The van der Waals surface area contributed by atoms with Gasteiger partial charge in [-0.2, -0.15) is 0 Å². The van der Waals surface area contributed by atoms with Crippen LogP contribution in [0.4, 0.5) is 4.39 Å². The number of hydrogen-bond donors (Lipinski definition) is 2. The minimum Gasteiger partial charge on any atom is -1.00 e. The zero-order valence-electron chi connectivity index (χ0n) is 5.86. The van der Waals surface area contributed by atoms with Gasteiger partial charge in [0, 0.05) is 6.54 Å². The fourth-order valence-electron chi connectivity index (χ4n) is 0.385. The summed E-state index contributed by atoms with van der Waals surface area (Å²) in [6.45, 7) is 1.44. The van der Waals surface area contributed by atoms with Gasteiger partial charge in [0.15, 0.2) is 0 Å². The first-order chi connectivity index (χ1) is 4.18. The van der Waals surface area contributed by atoms with Crippen molar-refractivity contribution in [3.05, 3.63) is 0 Å². The summed E-state index contributed by atoms with van der Waals surface area (Å²) >= 11 is 0. The average molecular weight is 171 g/mol. The lowest BCUT2D eigenvalue weighted by Crippen LogP contribution is -3.00. The molecule has 0 heterocycles. The Bertz CT molecular complexity index is 102. The number of halogens is 2. The first-order valence-corrected chi connectivity index (χ1v) is 2.83. The molecule has 10 heavy (non-hydrogen) atoms. The van der Waals surface area contributed by atoms with Crippen molar-refractivity contribution in [2.24, 2.45) is 0 Å². The molecule has 0 saturated heterocycles. The van der Waals surface area contributed by atoms with Crippen LogP contribution in [-0.4, -0.2) is 25.2 Å². The number of carbonyl (C=O) groups is 1. The fraction of sp³-hybridized carbons (Fsp3) is 0.800. The van der Waals surface area contributed by atoms with E-state index in [2.05, 4.69) is 11.1 Å². The summed E-state index contributed by atoms with van der Waals surface area (Å²) in [6.07, 6.45) is 0. The molecule has 62 valence electrons. The maximum atomic E-state index is 11.4. The van der Waals surface area contributed by atoms with Crippen molar-refractivity contribution in [1.82, 2.24) is 5.32 Å². The number of amides is 1. The lowest BCUT2D eigenvalue weighted by atomic mass is 10.3. The van der Waals surface area contributed by atoms with E-state index in [1.807, 2.05) is 0 Å². The summed E-state index contributed by atoms with van der Waals surface area (Å²) in [5.41, 5.74) is 3.17. The third-order valence-electron chi connectivity index (χ3n) is 1.03. The number of rotatable bonds is 4. The lowest BCUT2D eigenvalue weighted by Gasteiger charge is -2.03. The molecule has 0 rings (SSSR count). The van der Waals surface area contributed by atoms with Crippen molar-refractivity contribution < 1.29 is 27.3 Å². The van der Waals surface area contributed by atoms with Crippen molar-refractivity contribution in [3.63, 3.8) is 0 Å². The highest BCUT2D eigenvalue weighted by Crippen LogP contribution is 1.75. The van der Waals surface area contributed by atoms with E-state index in [1.165, 1.54) is 0 Å². The Kier molecular flexibility index (Phi) is 8.64. The Balaban J connectivity index is 0. The Hall–Kier alpha value is -0.190. The Morgan fingerprint density at radius 1 is 1.80 bits per heavy atom. The second-order valence-electron chi connectivity index (χ2n) is 1.83. The van der Waals surface area contributed by atoms with Crippen LogP contribution in [0.5, 0.6) is 0 Å². The maximum Gasteiger partial charge on any atom is 0.325 e. The van der Waals surface area contributed by atoms with E-state index >= 15 is 0 Å². The molecule has 0 aliphatic heterocycles. The van der Waals surface area contributed by atoms with Gasteiger partial charge in [-0.15, -0.1) is 0 Å². The van der Waals surface area contributed by atoms with E-state index in [0.29, 0.717) is 0 Å². The predicted octanol–water partition coefficient (Wildman–Crippen LogP) is -4.29. The molecule has 0 saturated carbocycles. The van der Waals surface area contributed by atoms with Crippen LogP contribution in [0.15, 0.2) is 0 Å². The molecule has 0 aromatic rings. The first-order valence-electron chi connectivity index (χ1n) is 2.83. The summed E-state index contributed by atoms with van der Waals surface area (Å²) in [5, 5.41) is 2.64. The molecule has 1 amide bonds. The molecule has 0 radical (unpaired) electrons. The zero-order valence-corrected chi connectivity index (χ0v) is 6.62. The van der Waals surface area contributed by atoms with Gasteiger partial charge in [0.25, 0.3) is 0 Å². The van der Waals surface area contributed by atoms with Crippen LogP contribution in [0.2, 0.25) is 0 Å². The summed E-state index contributed by atoms with van der Waals surface area (Å²) in [4.78, 5) is 10.4. The fourth-order valence-corrected chi connectivity index (χ4v) is 0.385. The smallest absolute Gasteiger partial charge is 0.325 e. The molecule has 3 nitrogen and oxygen atoms in total. The maximum absolute atomic E-state index is 11.4. The van der Waals surface area contributed by atoms with E-state index < -0.39 is 6.67 Å². The second-order valence-corrected chi connectivity index (χ2v) is 1.83. The van der Waals surface area contributed by atoms with Gasteiger partial charge in [-0.3, -0.25) is 5.73 Å². The summed E-state index contributed by atoms with van der Waals surface area (Å²) in [6, 6.07) is -0.319. The van der Waals surface area contributed by atoms with Gasteiger partial charge < -0.3 is 17.7 Å². The van der Waals surface area contributed by atoms with Gasteiger partial charge in [-0.05, 0) is 6.92 Å². The molecule has 0 aliphatic carbocycles. The molecular weight excluding hydrogens is 159 g/mol. The number of alkyl halides is 1. The van der Waals surface area contributed by atoms with E-state index in [-0.39, 0.29) is 30.9 Å². The van der Waals surface area contributed by atoms with Crippen LogP contribution in [0.25, 0.3) is 0 Å². The van der Waals surface area contributed by atoms with Crippen molar-refractivity contribution in [3.8, 4) is 0 Å². The SMILES string of the molecule is C[C@@H](NCCF)C([NH3+])=O.[Cl-]. The number of hydrogen-bond acceptors (Lipinski definition) is 2. The van der Waals surface area contributed by atoms with Gasteiger partial charge in [-0.1, -0.05) is 0 Å². The van der Waals surface area contributed by atoms with Crippen molar-refractivity contribution in [1.29, 1.82) is 0 Å².